The van der Waals surface area contributed by atoms with Crippen LogP contribution in [0.3, 0.4) is 0 Å². The van der Waals surface area contributed by atoms with Crippen LogP contribution in [-0.2, 0) is 15.8 Å². The molecular weight excluding hydrogens is 216 g/mol. The lowest BCUT2D eigenvalue weighted by atomic mass is 9.84. The van der Waals surface area contributed by atoms with Gasteiger partial charge in [-0.05, 0) is 30.4 Å². The molecule has 1 aromatic rings. The van der Waals surface area contributed by atoms with Gasteiger partial charge in [-0.15, -0.1) is 0 Å². The molecule has 0 radical (unpaired) electrons. The largest absolute Gasteiger partial charge is 0.506 e. The summed E-state index contributed by atoms with van der Waals surface area (Å²) in [5.41, 5.74) is 1.24. The lowest BCUT2D eigenvalue weighted by Crippen LogP contribution is -2.25. The molecule has 1 N–H and O–H groups in total. The average Bonchev–Trinajstić information content (AvgIpc) is 2.14. The van der Waals surface area contributed by atoms with Crippen LogP contribution in [0, 0.1) is 0 Å². The highest BCUT2D eigenvalue weighted by atomic mass is 16.7. The van der Waals surface area contributed by atoms with E-state index >= 15 is 0 Å². The van der Waals surface area contributed by atoms with Gasteiger partial charge in [0.15, 0.2) is 0 Å². The van der Waals surface area contributed by atoms with Crippen LogP contribution < -0.4 is 0 Å². The van der Waals surface area contributed by atoms with Crippen molar-refractivity contribution in [2.24, 2.45) is 0 Å². The van der Waals surface area contributed by atoms with Gasteiger partial charge in [-0.1, -0.05) is 45.0 Å². The van der Waals surface area contributed by atoms with Gasteiger partial charge >= 0.3 is 6.16 Å². The molecule has 17 heavy (non-hydrogen) atoms. The van der Waals surface area contributed by atoms with Crippen molar-refractivity contribution in [1.82, 2.24) is 0 Å². The molecule has 3 heteroatoms. The number of carbonyl (C=O) groups is 1. The number of benzene rings is 1. The van der Waals surface area contributed by atoms with Crippen LogP contribution in [-0.4, -0.2) is 11.3 Å². The first-order valence-electron chi connectivity index (χ1n) is 5.66. The molecular formula is C14H20O3. The Labute approximate surface area is 102 Å². The van der Waals surface area contributed by atoms with E-state index in [4.69, 9.17) is 9.84 Å². The van der Waals surface area contributed by atoms with Crippen molar-refractivity contribution in [1.29, 1.82) is 0 Å². The Bertz CT molecular complexity index is 414. The summed E-state index contributed by atoms with van der Waals surface area (Å²) in [6.45, 7) is 9.87. The van der Waals surface area contributed by atoms with Crippen LogP contribution >= 0.6 is 0 Å². The highest BCUT2D eigenvalue weighted by molar-refractivity contribution is 5.58. The molecule has 3 nitrogen and oxygen atoms in total. The van der Waals surface area contributed by atoms with Crippen LogP contribution in [0.15, 0.2) is 24.3 Å². The van der Waals surface area contributed by atoms with E-state index in [9.17, 15) is 4.79 Å². The smallest absolute Gasteiger partial charge is 0.450 e. The van der Waals surface area contributed by atoms with Gasteiger partial charge < -0.3 is 9.84 Å². The van der Waals surface area contributed by atoms with Crippen molar-refractivity contribution >= 4 is 6.16 Å². The van der Waals surface area contributed by atoms with Gasteiger partial charge in [0, 0.05) is 0 Å². The predicted octanol–water partition coefficient (Wildman–Crippen LogP) is 3.91. The van der Waals surface area contributed by atoms with E-state index in [0.717, 1.165) is 11.1 Å². The van der Waals surface area contributed by atoms with Crippen LogP contribution in [0.2, 0.25) is 0 Å². The third-order valence-corrected chi connectivity index (χ3v) is 2.77. The highest BCUT2D eigenvalue weighted by Gasteiger charge is 2.26. The van der Waals surface area contributed by atoms with Crippen LogP contribution in [0.1, 0.15) is 45.7 Å². The Morgan fingerprint density at radius 3 is 2.12 bits per heavy atom. The van der Waals surface area contributed by atoms with Crippen molar-refractivity contribution in [3.63, 3.8) is 0 Å². The molecule has 0 saturated heterocycles. The van der Waals surface area contributed by atoms with Crippen molar-refractivity contribution in [3.8, 4) is 0 Å². The van der Waals surface area contributed by atoms with Crippen LogP contribution in [0.4, 0.5) is 4.79 Å². The van der Waals surface area contributed by atoms with Gasteiger partial charge in [-0.25, -0.2) is 4.79 Å². The maximum atomic E-state index is 10.6. The highest BCUT2D eigenvalue weighted by Crippen LogP contribution is 2.29. The molecule has 0 aliphatic heterocycles. The molecule has 1 aromatic carbocycles. The summed E-state index contributed by atoms with van der Waals surface area (Å²) in [6, 6.07) is 7.87. The Morgan fingerprint density at radius 2 is 1.65 bits per heavy atom. The van der Waals surface area contributed by atoms with E-state index < -0.39 is 11.8 Å². The lowest BCUT2D eigenvalue weighted by Gasteiger charge is -2.26. The van der Waals surface area contributed by atoms with Crippen molar-refractivity contribution in [3.05, 3.63) is 35.4 Å². The summed E-state index contributed by atoms with van der Waals surface area (Å²) < 4.78 is 4.91. The molecule has 0 saturated carbocycles. The molecule has 0 heterocycles. The van der Waals surface area contributed by atoms with Gasteiger partial charge in [-0.2, -0.15) is 0 Å². The fraction of sp³-hybridized carbons (Fsp3) is 0.500. The fourth-order valence-corrected chi connectivity index (χ4v) is 1.64. The summed E-state index contributed by atoms with van der Waals surface area (Å²) in [5.74, 6) is 0. The topological polar surface area (TPSA) is 46.5 Å². The minimum absolute atomic E-state index is 0.0370. The minimum atomic E-state index is -1.25. The number of hydrogen-bond acceptors (Lipinski definition) is 2. The van der Waals surface area contributed by atoms with Gasteiger partial charge in [0.25, 0.3) is 0 Å². The quantitative estimate of drug-likeness (QED) is 0.792. The summed E-state index contributed by atoms with van der Waals surface area (Å²) in [6.07, 6.45) is -1.25. The summed E-state index contributed by atoms with van der Waals surface area (Å²) in [5, 5.41) is 8.72. The number of hydrogen-bond donors (Lipinski definition) is 1. The SMILES string of the molecule is CC(C)(C)c1cccc(C(C)(C)OC(=O)O)c1. The Morgan fingerprint density at radius 1 is 1.12 bits per heavy atom. The normalized spacial score (nSPS) is 12.3. The lowest BCUT2D eigenvalue weighted by molar-refractivity contribution is 0.000964. The molecule has 0 aromatic heterocycles. The summed E-state index contributed by atoms with van der Waals surface area (Å²) in [4.78, 5) is 10.6. The predicted molar refractivity (Wildman–Crippen MR) is 67.3 cm³/mol. The number of carboxylic acid groups (broad SMARTS) is 1. The second kappa shape index (κ2) is 4.40. The van der Waals surface area contributed by atoms with Gasteiger partial charge in [0.2, 0.25) is 0 Å². The van der Waals surface area contributed by atoms with E-state index in [1.54, 1.807) is 13.8 Å². The molecule has 1 rings (SSSR count). The molecule has 0 spiro atoms. The van der Waals surface area contributed by atoms with Crippen molar-refractivity contribution in [2.75, 3.05) is 0 Å². The summed E-state index contributed by atoms with van der Waals surface area (Å²) >= 11 is 0. The zero-order chi connectivity index (χ0) is 13.3. The van der Waals surface area contributed by atoms with E-state index in [2.05, 4.69) is 20.8 Å². The van der Waals surface area contributed by atoms with E-state index in [1.807, 2.05) is 24.3 Å². The molecule has 0 bridgehead atoms. The van der Waals surface area contributed by atoms with Gasteiger partial charge in [0.1, 0.15) is 5.60 Å². The Kier molecular flexibility index (Phi) is 3.51. The first kappa shape index (κ1) is 13.6. The molecule has 0 unspecified atom stereocenters. The van der Waals surface area contributed by atoms with Crippen LogP contribution in [0.5, 0.6) is 0 Å². The fourth-order valence-electron chi connectivity index (χ4n) is 1.64. The Balaban J connectivity index is 3.11. The van der Waals surface area contributed by atoms with Crippen molar-refractivity contribution in [2.45, 2.75) is 45.6 Å². The number of rotatable bonds is 2. The molecule has 0 fully saturated rings. The molecule has 0 aliphatic carbocycles. The van der Waals surface area contributed by atoms with E-state index in [-0.39, 0.29) is 5.41 Å². The van der Waals surface area contributed by atoms with E-state index in [1.165, 1.54) is 0 Å². The molecule has 0 amide bonds. The molecule has 0 aliphatic rings. The third-order valence-electron chi connectivity index (χ3n) is 2.77. The van der Waals surface area contributed by atoms with E-state index in [0.29, 0.717) is 0 Å². The first-order valence-corrected chi connectivity index (χ1v) is 5.66. The molecule has 0 atom stereocenters. The zero-order valence-electron chi connectivity index (χ0n) is 11.1. The van der Waals surface area contributed by atoms with Crippen molar-refractivity contribution < 1.29 is 14.6 Å². The maximum absolute atomic E-state index is 10.6. The monoisotopic (exact) mass is 236 g/mol. The maximum Gasteiger partial charge on any atom is 0.506 e. The second-order valence-electron chi connectivity index (χ2n) is 5.71. The Hall–Kier alpha value is -1.51. The second-order valence-corrected chi connectivity index (χ2v) is 5.71. The first-order chi connectivity index (χ1) is 7.63. The minimum Gasteiger partial charge on any atom is -0.450 e. The van der Waals surface area contributed by atoms with Crippen LogP contribution in [0.25, 0.3) is 0 Å². The average molecular weight is 236 g/mol. The third kappa shape index (κ3) is 3.48. The van der Waals surface area contributed by atoms with Gasteiger partial charge in [-0.3, -0.25) is 0 Å². The summed E-state index contributed by atoms with van der Waals surface area (Å²) in [7, 11) is 0. The zero-order valence-corrected chi connectivity index (χ0v) is 11.1. The molecule has 94 valence electrons. The van der Waals surface area contributed by atoms with Gasteiger partial charge in [0.05, 0.1) is 0 Å². The standard InChI is InChI=1S/C14H20O3/c1-13(2,3)10-7-6-8-11(9-10)14(4,5)17-12(15)16/h6-9H,1-5H3,(H,15,16). The number of ether oxygens (including phenoxy) is 1.